The van der Waals surface area contributed by atoms with Gasteiger partial charge in [-0.2, -0.15) is 0 Å². The Labute approximate surface area is 101 Å². The first-order valence-corrected chi connectivity index (χ1v) is 5.68. The van der Waals surface area contributed by atoms with Crippen molar-refractivity contribution < 1.29 is 14.4 Å². The predicted molar refractivity (Wildman–Crippen MR) is 64.6 cm³/mol. The Kier molecular flexibility index (Phi) is 5.29. The molecule has 0 aliphatic rings. The van der Waals surface area contributed by atoms with E-state index in [1.54, 1.807) is 18.2 Å². The van der Waals surface area contributed by atoms with Crippen molar-refractivity contribution in [2.75, 3.05) is 27.2 Å². The molecule has 0 heterocycles. The molecule has 1 aromatic rings. The summed E-state index contributed by atoms with van der Waals surface area (Å²) in [4.78, 5) is 12.2. The van der Waals surface area contributed by atoms with E-state index in [4.69, 9.17) is 16.3 Å². The van der Waals surface area contributed by atoms with E-state index >= 15 is 0 Å². The zero-order valence-electron chi connectivity index (χ0n) is 9.63. The first-order valence-electron chi connectivity index (χ1n) is 5.30. The first-order chi connectivity index (χ1) is 7.63. The van der Waals surface area contributed by atoms with E-state index in [0.717, 1.165) is 19.3 Å². The molecule has 0 saturated heterocycles. The van der Waals surface area contributed by atoms with Gasteiger partial charge in [0.1, 0.15) is 5.75 Å². The highest BCUT2D eigenvalue weighted by molar-refractivity contribution is 6.30. The highest BCUT2D eigenvalue weighted by atomic mass is 35.5. The summed E-state index contributed by atoms with van der Waals surface area (Å²) < 4.78 is 5.53. The molecule has 0 atom stereocenters. The second-order valence-electron chi connectivity index (χ2n) is 3.96. The van der Waals surface area contributed by atoms with Crippen LogP contribution in [0.1, 0.15) is 16.8 Å². The topological polar surface area (TPSA) is 30.7 Å². The van der Waals surface area contributed by atoms with Crippen LogP contribution in [0.3, 0.4) is 0 Å². The lowest BCUT2D eigenvalue weighted by atomic mass is 10.2. The Balaban J connectivity index is 2.50. The summed E-state index contributed by atoms with van der Waals surface area (Å²) in [5.41, 5.74) is 0.504. The maximum atomic E-state index is 10.8. The molecule has 88 valence electrons. The van der Waals surface area contributed by atoms with E-state index in [1.807, 2.05) is 0 Å². The molecule has 0 aliphatic heterocycles. The molecule has 0 aromatic heterocycles. The lowest BCUT2D eigenvalue weighted by Crippen LogP contribution is -3.05. The monoisotopic (exact) mass is 242 g/mol. The van der Waals surface area contributed by atoms with Gasteiger partial charge in [-0.1, -0.05) is 11.6 Å². The van der Waals surface area contributed by atoms with Gasteiger partial charge < -0.3 is 9.64 Å². The van der Waals surface area contributed by atoms with Crippen LogP contribution in [0, 0.1) is 0 Å². The van der Waals surface area contributed by atoms with Crippen molar-refractivity contribution in [1.82, 2.24) is 0 Å². The summed E-state index contributed by atoms with van der Waals surface area (Å²) in [6.07, 6.45) is 1.72. The third kappa shape index (κ3) is 4.21. The number of carbonyl (C=O) groups is 1. The summed E-state index contributed by atoms with van der Waals surface area (Å²) in [6, 6.07) is 5.07. The molecule has 1 N–H and O–H groups in total. The van der Waals surface area contributed by atoms with Crippen LogP contribution in [-0.4, -0.2) is 33.5 Å². The van der Waals surface area contributed by atoms with E-state index in [2.05, 4.69) is 14.1 Å². The van der Waals surface area contributed by atoms with Gasteiger partial charge in [-0.3, -0.25) is 4.79 Å². The summed E-state index contributed by atoms with van der Waals surface area (Å²) in [7, 11) is 4.19. The Morgan fingerprint density at radius 3 is 2.81 bits per heavy atom. The number of carbonyl (C=O) groups excluding carboxylic acids is 1. The van der Waals surface area contributed by atoms with Crippen LogP contribution in [0.4, 0.5) is 0 Å². The van der Waals surface area contributed by atoms with Crippen LogP contribution in [0.5, 0.6) is 5.75 Å². The van der Waals surface area contributed by atoms with Gasteiger partial charge in [0.25, 0.3) is 0 Å². The van der Waals surface area contributed by atoms with Crippen molar-refractivity contribution in [2.24, 2.45) is 0 Å². The number of quaternary nitrogens is 1. The highest BCUT2D eigenvalue weighted by Crippen LogP contribution is 2.21. The van der Waals surface area contributed by atoms with Gasteiger partial charge in [0, 0.05) is 11.4 Å². The zero-order valence-corrected chi connectivity index (χ0v) is 10.4. The number of hydrogen-bond donors (Lipinski definition) is 1. The van der Waals surface area contributed by atoms with Crippen molar-refractivity contribution in [3.05, 3.63) is 28.8 Å². The number of aldehydes is 1. The van der Waals surface area contributed by atoms with Gasteiger partial charge in [-0.25, -0.2) is 0 Å². The van der Waals surface area contributed by atoms with Gasteiger partial charge in [0.05, 0.1) is 32.8 Å². The Morgan fingerprint density at radius 2 is 2.19 bits per heavy atom. The minimum atomic E-state index is 0.504. The third-order valence-corrected chi connectivity index (χ3v) is 2.41. The quantitative estimate of drug-likeness (QED) is 0.598. The molecular weight excluding hydrogens is 226 g/mol. The zero-order chi connectivity index (χ0) is 12.0. The Hall–Kier alpha value is -1.06. The van der Waals surface area contributed by atoms with Gasteiger partial charge in [0.15, 0.2) is 6.29 Å². The van der Waals surface area contributed by atoms with E-state index in [1.165, 1.54) is 4.90 Å². The first kappa shape index (κ1) is 13.0. The van der Waals surface area contributed by atoms with Crippen LogP contribution in [0.2, 0.25) is 5.02 Å². The summed E-state index contributed by atoms with van der Waals surface area (Å²) in [5, 5.41) is 0.548. The van der Waals surface area contributed by atoms with Gasteiger partial charge in [-0.05, 0) is 18.2 Å². The number of nitrogens with one attached hydrogen (secondary N) is 1. The van der Waals surface area contributed by atoms with Crippen molar-refractivity contribution in [3.63, 3.8) is 0 Å². The average molecular weight is 243 g/mol. The number of benzene rings is 1. The van der Waals surface area contributed by atoms with E-state index in [0.29, 0.717) is 22.9 Å². The van der Waals surface area contributed by atoms with Crippen LogP contribution >= 0.6 is 11.6 Å². The molecule has 0 fully saturated rings. The molecule has 1 rings (SSSR count). The van der Waals surface area contributed by atoms with Gasteiger partial charge in [0.2, 0.25) is 0 Å². The van der Waals surface area contributed by atoms with Crippen LogP contribution in [-0.2, 0) is 0 Å². The minimum absolute atomic E-state index is 0.504. The summed E-state index contributed by atoms with van der Waals surface area (Å²) >= 11 is 5.78. The molecule has 3 nitrogen and oxygen atoms in total. The second kappa shape index (κ2) is 6.51. The standard InChI is InChI=1S/C12H16ClNO2/c1-14(2)6-3-7-16-12-5-4-11(13)8-10(12)9-15/h4-5,8-9H,3,6-7H2,1-2H3/p+1. The van der Waals surface area contributed by atoms with E-state index < -0.39 is 0 Å². The van der Waals surface area contributed by atoms with Gasteiger partial charge in [-0.15, -0.1) is 0 Å². The third-order valence-electron chi connectivity index (χ3n) is 2.18. The Bertz CT molecular complexity index is 353. The van der Waals surface area contributed by atoms with Crippen molar-refractivity contribution >= 4 is 17.9 Å². The lowest BCUT2D eigenvalue weighted by Gasteiger charge is -2.10. The highest BCUT2D eigenvalue weighted by Gasteiger charge is 2.04. The number of hydrogen-bond acceptors (Lipinski definition) is 2. The maximum absolute atomic E-state index is 10.8. The normalized spacial score (nSPS) is 10.5. The van der Waals surface area contributed by atoms with Gasteiger partial charge >= 0.3 is 0 Å². The molecule has 0 unspecified atom stereocenters. The van der Waals surface area contributed by atoms with E-state index in [-0.39, 0.29) is 0 Å². The minimum Gasteiger partial charge on any atom is -0.493 e. The SMILES string of the molecule is C[NH+](C)CCCOc1ccc(Cl)cc1C=O. The number of ether oxygens (including phenoxy) is 1. The maximum Gasteiger partial charge on any atom is 0.153 e. The molecule has 1 aromatic carbocycles. The predicted octanol–water partition coefficient (Wildman–Crippen LogP) is 1.07. The number of halogens is 1. The number of rotatable bonds is 6. The van der Waals surface area contributed by atoms with Crippen molar-refractivity contribution in [3.8, 4) is 5.75 Å². The van der Waals surface area contributed by atoms with E-state index in [9.17, 15) is 4.79 Å². The fourth-order valence-electron chi connectivity index (χ4n) is 1.35. The largest absolute Gasteiger partial charge is 0.493 e. The molecule has 0 radical (unpaired) electrons. The van der Waals surface area contributed by atoms with Crippen LogP contribution < -0.4 is 9.64 Å². The Morgan fingerprint density at radius 1 is 1.44 bits per heavy atom. The molecule has 0 aliphatic carbocycles. The van der Waals surface area contributed by atoms with Crippen molar-refractivity contribution in [2.45, 2.75) is 6.42 Å². The molecule has 16 heavy (non-hydrogen) atoms. The molecule has 0 spiro atoms. The summed E-state index contributed by atoms with van der Waals surface area (Å²) in [5.74, 6) is 0.605. The summed E-state index contributed by atoms with van der Waals surface area (Å²) in [6.45, 7) is 1.66. The smallest absolute Gasteiger partial charge is 0.153 e. The fourth-order valence-corrected chi connectivity index (χ4v) is 1.53. The molecule has 4 heteroatoms. The molecule has 0 bridgehead atoms. The van der Waals surface area contributed by atoms with Crippen molar-refractivity contribution in [1.29, 1.82) is 0 Å². The molecular formula is C12H17ClNO2+. The molecule has 0 amide bonds. The lowest BCUT2D eigenvalue weighted by molar-refractivity contribution is -0.858. The second-order valence-corrected chi connectivity index (χ2v) is 4.40. The molecule has 0 saturated carbocycles. The van der Waals surface area contributed by atoms with Crippen LogP contribution in [0.15, 0.2) is 18.2 Å². The fraction of sp³-hybridized carbons (Fsp3) is 0.417. The van der Waals surface area contributed by atoms with Crippen LogP contribution in [0.25, 0.3) is 0 Å². The average Bonchev–Trinajstić information content (AvgIpc) is 2.25.